The van der Waals surface area contributed by atoms with Gasteiger partial charge < -0.3 is 19.2 Å². The number of amides is 1. The van der Waals surface area contributed by atoms with E-state index in [-0.39, 0.29) is 24.1 Å². The van der Waals surface area contributed by atoms with Crippen LogP contribution in [0.15, 0.2) is 105 Å². The number of hydrogen-bond acceptors (Lipinski definition) is 7. The molecule has 6 rings (SSSR count). The van der Waals surface area contributed by atoms with Crippen molar-refractivity contribution in [2.45, 2.75) is 6.92 Å². The van der Waals surface area contributed by atoms with Gasteiger partial charge in [-0.3, -0.25) is 9.59 Å². The molecule has 0 fully saturated rings. The van der Waals surface area contributed by atoms with Crippen LogP contribution in [0.3, 0.4) is 0 Å². The number of carbonyl (C=O) groups excluding carboxylic acids is 1. The number of benzene rings is 4. The van der Waals surface area contributed by atoms with Gasteiger partial charge in [-0.2, -0.15) is 9.78 Å². The van der Waals surface area contributed by atoms with Gasteiger partial charge in [0, 0.05) is 27.7 Å². The molecular weight excluding hydrogens is 568 g/mol. The summed E-state index contributed by atoms with van der Waals surface area (Å²) in [6.45, 7) is 1.59. The molecule has 0 saturated carbocycles. The fraction of sp³-hybridized carbons (Fsp3) is 0.0909. The van der Waals surface area contributed by atoms with Crippen molar-refractivity contribution in [1.82, 2.24) is 9.66 Å². The SMILES string of the molecule is COc1cc(Cl)cc(C=Nn2c(-c3cc4ccccc4o3)nc3ccccc3c2=O)c1OCC(=O)Nc1ccccc1C. The molecule has 0 spiro atoms. The Hall–Kier alpha value is -5.41. The molecule has 9 nitrogen and oxygen atoms in total. The molecule has 2 aromatic heterocycles. The molecule has 0 aliphatic carbocycles. The minimum atomic E-state index is -0.397. The highest BCUT2D eigenvalue weighted by Gasteiger charge is 2.18. The standard InChI is InChI=1S/C33H25ClN4O5/c1-20-9-3-6-12-25(20)36-30(39)19-42-31-22(15-23(34)17-28(31)41-2)18-35-38-32(29-16-21-10-4-8-14-27(21)43-29)37-26-13-7-5-11-24(26)33(38)40/h3-18H,19H2,1-2H3,(H,36,39). The van der Waals surface area contributed by atoms with Crippen LogP contribution in [0.4, 0.5) is 5.69 Å². The van der Waals surface area contributed by atoms with E-state index in [0.717, 1.165) is 10.9 Å². The number of anilines is 1. The normalized spacial score (nSPS) is 11.3. The van der Waals surface area contributed by atoms with Crippen LogP contribution in [0.5, 0.6) is 11.5 Å². The number of rotatable bonds is 8. The highest BCUT2D eigenvalue weighted by Crippen LogP contribution is 2.34. The maximum Gasteiger partial charge on any atom is 0.282 e. The summed E-state index contributed by atoms with van der Waals surface area (Å²) in [4.78, 5) is 31.1. The third-order valence-corrected chi connectivity index (χ3v) is 6.97. The summed E-state index contributed by atoms with van der Waals surface area (Å²) in [6, 6.07) is 26.9. The summed E-state index contributed by atoms with van der Waals surface area (Å²) in [6.07, 6.45) is 1.41. The van der Waals surface area contributed by atoms with Gasteiger partial charge in [0.05, 0.1) is 24.2 Å². The molecule has 0 atom stereocenters. The Morgan fingerprint density at radius 3 is 2.63 bits per heavy atom. The summed E-state index contributed by atoms with van der Waals surface area (Å²) in [7, 11) is 1.46. The number of methoxy groups -OCH3 is 1. The van der Waals surface area contributed by atoms with Gasteiger partial charge in [0.25, 0.3) is 11.5 Å². The van der Waals surface area contributed by atoms with Crippen LogP contribution in [0, 0.1) is 6.92 Å². The van der Waals surface area contributed by atoms with E-state index in [1.807, 2.05) is 67.6 Å². The second-order valence-corrected chi connectivity index (χ2v) is 10.1. The Labute approximate surface area is 251 Å². The van der Waals surface area contributed by atoms with E-state index in [1.165, 1.54) is 18.0 Å². The number of nitrogens with zero attached hydrogens (tertiary/aromatic N) is 3. The zero-order valence-corrected chi connectivity index (χ0v) is 24.0. The van der Waals surface area contributed by atoms with E-state index >= 15 is 0 Å². The molecule has 0 radical (unpaired) electrons. The quantitative estimate of drug-likeness (QED) is 0.198. The summed E-state index contributed by atoms with van der Waals surface area (Å²) < 4.78 is 18.6. The first-order chi connectivity index (χ1) is 20.9. The fourth-order valence-corrected chi connectivity index (χ4v) is 4.85. The molecular formula is C33H25ClN4O5. The van der Waals surface area contributed by atoms with Crippen LogP contribution in [-0.4, -0.2) is 35.5 Å². The summed E-state index contributed by atoms with van der Waals surface area (Å²) in [5, 5.41) is 8.94. The molecule has 6 aromatic rings. The number of furan rings is 1. The monoisotopic (exact) mass is 592 g/mol. The van der Waals surface area contributed by atoms with Crippen LogP contribution < -0.4 is 20.3 Å². The molecule has 43 heavy (non-hydrogen) atoms. The molecule has 1 amide bonds. The van der Waals surface area contributed by atoms with E-state index in [0.29, 0.717) is 44.3 Å². The lowest BCUT2D eigenvalue weighted by Gasteiger charge is -2.14. The maximum atomic E-state index is 13.7. The van der Waals surface area contributed by atoms with E-state index in [2.05, 4.69) is 10.4 Å². The number of carbonyl (C=O) groups is 1. The van der Waals surface area contributed by atoms with Gasteiger partial charge >= 0.3 is 0 Å². The van der Waals surface area contributed by atoms with Crippen molar-refractivity contribution < 1.29 is 18.7 Å². The number of fused-ring (bicyclic) bond motifs is 2. The molecule has 4 aromatic carbocycles. The van der Waals surface area contributed by atoms with Gasteiger partial charge in [-0.15, -0.1) is 0 Å². The van der Waals surface area contributed by atoms with Crippen LogP contribution in [0.25, 0.3) is 33.5 Å². The lowest BCUT2D eigenvalue weighted by Crippen LogP contribution is -2.21. The first kappa shape index (κ1) is 27.7. The molecule has 2 heterocycles. The van der Waals surface area contributed by atoms with Gasteiger partial charge in [0.2, 0.25) is 5.82 Å². The van der Waals surface area contributed by atoms with Gasteiger partial charge in [-0.05, 0) is 48.9 Å². The third kappa shape index (κ3) is 5.71. The number of hydrogen-bond donors (Lipinski definition) is 1. The second-order valence-electron chi connectivity index (χ2n) is 9.64. The lowest BCUT2D eigenvalue weighted by atomic mass is 10.2. The first-order valence-electron chi connectivity index (χ1n) is 13.3. The Balaban J connectivity index is 1.40. The van der Waals surface area contributed by atoms with Crippen LogP contribution in [0.2, 0.25) is 5.02 Å². The second kappa shape index (κ2) is 11.8. The van der Waals surface area contributed by atoms with Gasteiger partial charge in [0.15, 0.2) is 23.9 Å². The highest BCUT2D eigenvalue weighted by atomic mass is 35.5. The van der Waals surface area contributed by atoms with Crippen LogP contribution >= 0.6 is 11.6 Å². The number of aryl methyl sites for hydroxylation is 1. The van der Waals surface area contributed by atoms with Crippen molar-refractivity contribution in [3.8, 4) is 23.1 Å². The fourth-order valence-electron chi connectivity index (χ4n) is 4.63. The molecule has 10 heteroatoms. The average Bonchev–Trinajstić information content (AvgIpc) is 3.45. The van der Waals surface area contributed by atoms with E-state index < -0.39 is 5.56 Å². The largest absolute Gasteiger partial charge is 0.493 e. The van der Waals surface area contributed by atoms with E-state index in [4.69, 9.17) is 30.5 Å². The molecule has 0 aliphatic heterocycles. The number of para-hydroxylation sites is 3. The zero-order valence-electron chi connectivity index (χ0n) is 23.2. The lowest BCUT2D eigenvalue weighted by molar-refractivity contribution is -0.118. The molecule has 1 N–H and O–H groups in total. The molecule has 0 bridgehead atoms. The van der Waals surface area contributed by atoms with Crippen LogP contribution in [0.1, 0.15) is 11.1 Å². The minimum Gasteiger partial charge on any atom is -0.493 e. The number of nitrogens with one attached hydrogen (secondary N) is 1. The van der Waals surface area contributed by atoms with E-state index in [9.17, 15) is 9.59 Å². The number of aromatic nitrogens is 2. The summed E-state index contributed by atoms with van der Waals surface area (Å²) in [5.74, 6) is 0.734. The van der Waals surface area contributed by atoms with Crippen molar-refractivity contribution in [3.63, 3.8) is 0 Å². The summed E-state index contributed by atoms with van der Waals surface area (Å²) in [5.41, 5.74) is 2.73. The van der Waals surface area contributed by atoms with Crippen LogP contribution in [-0.2, 0) is 4.79 Å². The van der Waals surface area contributed by atoms with Crippen molar-refractivity contribution in [3.05, 3.63) is 117 Å². The maximum absolute atomic E-state index is 13.7. The number of ether oxygens (including phenoxy) is 2. The highest BCUT2D eigenvalue weighted by molar-refractivity contribution is 6.31. The van der Waals surface area contributed by atoms with Gasteiger partial charge in [-0.25, -0.2) is 4.98 Å². The molecule has 214 valence electrons. The van der Waals surface area contributed by atoms with Crippen molar-refractivity contribution in [2.24, 2.45) is 5.10 Å². The average molecular weight is 593 g/mol. The predicted molar refractivity (Wildman–Crippen MR) is 168 cm³/mol. The van der Waals surface area contributed by atoms with E-state index in [1.54, 1.807) is 30.3 Å². The molecule has 0 saturated heterocycles. The van der Waals surface area contributed by atoms with Gasteiger partial charge in [0.1, 0.15) is 5.58 Å². The Morgan fingerprint density at radius 2 is 1.81 bits per heavy atom. The third-order valence-electron chi connectivity index (χ3n) is 6.75. The van der Waals surface area contributed by atoms with Crippen molar-refractivity contribution in [2.75, 3.05) is 19.0 Å². The molecule has 0 unspecified atom stereocenters. The zero-order chi connectivity index (χ0) is 29.9. The Bertz CT molecular complexity index is 2050. The smallest absolute Gasteiger partial charge is 0.282 e. The minimum absolute atomic E-state index is 0.213. The Kier molecular flexibility index (Phi) is 7.63. The number of halogens is 1. The molecule has 0 aliphatic rings. The topological polar surface area (TPSA) is 108 Å². The predicted octanol–water partition coefficient (Wildman–Crippen LogP) is 6.68. The first-order valence-corrected chi connectivity index (χ1v) is 13.7. The summed E-state index contributed by atoms with van der Waals surface area (Å²) >= 11 is 6.38. The Morgan fingerprint density at radius 1 is 1.05 bits per heavy atom. The van der Waals surface area contributed by atoms with Crippen molar-refractivity contribution in [1.29, 1.82) is 0 Å². The van der Waals surface area contributed by atoms with Gasteiger partial charge in [-0.1, -0.05) is 60.1 Å². The van der Waals surface area contributed by atoms with Crippen molar-refractivity contribution >= 4 is 51.3 Å².